The normalized spacial score (nSPS) is 14.3. The first kappa shape index (κ1) is 14.9. The highest BCUT2D eigenvalue weighted by atomic mass is 16.5. The lowest BCUT2D eigenvalue weighted by molar-refractivity contribution is 0.198. The van der Waals surface area contributed by atoms with Crippen LogP contribution in [0.1, 0.15) is 38.9 Å². The van der Waals surface area contributed by atoms with Gasteiger partial charge in [-0.3, -0.25) is 0 Å². The van der Waals surface area contributed by atoms with E-state index in [2.05, 4.69) is 23.7 Å². The second-order valence-corrected chi connectivity index (χ2v) is 4.57. The molecule has 1 aromatic heterocycles. The van der Waals surface area contributed by atoms with Gasteiger partial charge in [-0.15, -0.1) is 0 Å². The molecule has 0 amide bonds. The molecule has 1 aromatic rings. The molecule has 0 spiro atoms. The summed E-state index contributed by atoms with van der Waals surface area (Å²) in [7, 11) is 1.70. The Labute approximate surface area is 110 Å². The van der Waals surface area contributed by atoms with Crippen molar-refractivity contribution in [3.8, 4) is 0 Å². The molecule has 4 nitrogen and oxygen atoms in total. The fraction of sp³-hybridized carbons (Fsp3) is 0.643. The Hall–Kier alpha value is -1.13. The van der Waals surface area contributed by atoms with E-state index in [1.807, 2.05) is 12.1 Å². The minimum Gasteiger partial charge on any atom is -0.389 e. The Balaban J connectivity index is 2.93. The second-order valence-electron chi connectivity index (χ2n) is 4.57. The summed E-state index contributed by atoms with van der Waals surface area (Å²) in [6.07, 6.45) is 2.33. The molecule has 0 aliphatic carbocycles. The summed E-state index contributed by atoms with van der Waals surface area (Å²) in [6, 6.07) is 4.20. The van der Waals surface area contributed by atoms with E-state index in [0.717, 1.165) is 24.3 Å². The maximum Gasteiger partial charge on any atom is 0.129 e. The number of anilines is 1. The third kappa shape index (κ3) is 3.96. The van der Waals surface area contributed by atoms with Crippen LogP contribution in [0.2, 0.25) is 0 Å². The average Bonchev–Trinajstić information content (AvgIpc) is 2.39. The van der Waals surface area contributed by atoms with Crippen LogP contribution in [-0.2, 0) is 4.74 Å². The molecule has 0 bridgehead atoms. The number of hydrogen-bond donors (Lipinski definition) is 1. The predicted molar refractivity (Wildman–Crippen MR) is 73.8 cm³/mol. The number of aromatic nitrogens is 1. The second kappa shape index (κ2) is 7.34. The molecule has 0 aliphatic rings. The van der Waals surface area contributed by atoms with Gasteiger partial charge < -0.3 is 14.7 Å². The Morgan fingerprint density at radius 3 is 2.72 bits per heavy atom. The predicted octanol–water partition coefficient (Wildman–Crippen LogP) is 2.39. The molecule has 0 aromatic carbocycles. The topological polar surface area (TPSA) is 45.6 Å². The Bertz CT molecular complexity index is 355. The molecule has 18 heavy (non-hydrogen) atoms. The van der Waals surface area contributed by atoms with Crippen molar-refractivity contribution in [2.24, 2.45) is 0 Å². The highest BCUT2D eigenvalue weighted by Crippen LogP contribution is 2.20. The van der Waals surface area contributed by atoms with Crippen LogP contribution >= 0.6 is 0 Å². The van der Waals surface area contributed by atoms with Crippen LogP contribution in [0.5, 0.6) is 0 Å². The minimum absolute atomic E-state index is 0.400. The highest BCUT2D eigenvalue weighted by Gasteiger charge is 2.15. The van der Waals surface area contributed by atoms with Crippen molar-refractivity contribution in [3.63, 3.8) is 0 Å². The quantitative estimate of drug-likeness (QED) is 0.809. The zero-order valence-electron chi connectivity index (χ0n) is 11.8. The number of aliphatic hydroxyl groups excluding tert-OH is 1. The zero-order valence-corrected chi connectivity index (χ0v) is 11.8. The van der Waals surface area contributed by atoms with Gasteiger partial charge in [0, 0.05) is 25.9 Å². The largest absolute Gasteiger partial charge is 0.389 e. The van der Waals surface area contributed by atoms with Crippen LogP contribution in [0.3, 0.4) is 0 Å². The monoisotopic (exact) mass is 252 g/mol. The number of pyridine rings is 1. The van der Waals surface area contributed by atoms with Crippen LogP contribution in [0.4, 0.5) is 5.82 Å². The molecular formula is C14H24N2O2. The van der Waals surface area contributed by atoms with Gasteiger partial charge in [0.1, 0.15) is 5.82 Å². The molecule has 0 saturated carbocycles. The molecule has 4 heteroatoms. The van der Waals surface area contributed by atoms with Crippen LogP contribution in [0, 0.1) is 0 Å². The van der Waals surface area contributed by atoms with Crippen molar-refractivity contribution in [3.05, 3.63) is 23.9 Å². The minimum atomic E-state index is -0.465. The van der Waals surface area contributed by atoms with Gasteiger partial charge in [-0.25, -0.2) is 4.98 Å². The van der Waals surface area contributed by atoms with Gasteiger partial charge in [0.25, 0.3) is 0 Å². The van der Waals surface area contributed by atoms with Gasteiger partial charge in [-0.1, -0.05) is 6.92 Å². The lowest BCUT2D eigenvalue weighted by Crippen LogP contribution is -2.36. The summed E-state index contributed by atoms with van der Waals surface area (Å²) in [5, 5.41) is 9.63. The van der Waals surface area contributed by atoms with Crippen LogP contribution < -0.4 is 4.90 Å². The van der Waals surface area contributed by atoms with E-state index in [-0.39, 0.29) is 0 Å². The third-order valence-electron chi connectivity index (χ3n) is 3.21. The molecule has 0 fully saturated rings. The van der Waals surface area contributed by atoms with Gasteiger partial charge in [-0.2, -0.15) is 0 Å². The van der Waals surface area contributed by atoms with Crippen molar-refractivity contribution in [2.75, 3.05) is 25.2 Å². The van der Waals surface area contributed by atoms with Gasteiger partial charge in [0.05, 0.1) is 12.7 Å². The molecule has 0 radical (unpaired) electrons. The van der Waals surface area contributed by atoms with E-state index in [9.17, 15) is 5.11 Å². The Morgan fingerprint density at radius 2 is 2.17 bits per heavy atom. The van der Waals surface area contributed by atoms with Gasteiger partial charge in [0.15, 0.2) is 0 Å². The van der Waals surface area contributed by atoms with Gasteiger partial charge in [-0.05, 0) is 38.0 Å². The van der Waals surface area contributed by atoms with Gasteiger partial charge in [0.2, 0.25) is 0 Å². The maximum atomic E-state index is 9.63. The van der Waals surface area contributed by atoms with E-state index >= 15 is 0 Å². The summed E-state index contributed by atoms with van der Waals surface area (Å²) in [5.41, 5.74) is 0.894. The van der Waals surface area contributed by atoms with E-state index in [1.54, 1.807) is 20.2 Å². The van der Waals surface area contributed by atoms with E-state index < -0.39 is 6.10 Å². The van der Waals surface area contributed by atoms with Crippen molar-refractivity contribution < 1.29 is 9.84 Å². The Morgan fingerprint density at radius 1 is 1.44 bits per heavy atom. The number of methoxy groups -OCH3 is 1. The SMILES string of the molecule is CCC(C)N(CCOC)c1cc([C@H](C)O)ccn1. The van der Waals surface area contributed by atoms with Crippen molar-refractivity contribution in [1.29, 1.82) is 0 Å². The number of rotatable bonds is 7. The number of nitrogens with zero attached hydrogens (tertiary/aromatic N) is 2. The van der Waals surface area contributed by atoms with Crippen LogP contribution in [0.25, 0.3) is 0 Å². The summed E-state index contributed by atoms with van der Waals surface area (Å²) in [5.74, 6) is 0.903. The number of hydrogen-bond acceptors (Lipinski definition) is 4. The number of aliphatic hydroxyl groups is 1. The molecule has 0 aliphatic heterocycles. The van der Waals surface area contributed by atoms with Gasteiger partial charge >= 0.3 is 0 Å². The summed E-state index contributed by atoms with van der Waals surface area (Å²) < 4.78 is 5.15. The van der Waals surface area contributed by atoms with Crippen molar-refractivity contribution >= 4 is 5.82 Å². The molecule has 102 valence electrons. The molecule has 0 saturated heterocycles. The molecule has 1 rings (SSSR count). The summed E-state index contributed by atoms with van der Waals surface area (Å²) in [4.78, 5) is 6.62. The summed E-state index contributed by atoms with van der Waals surface area (Å²) >= 11 is 0. The molecule has 1 heterocycles. The smallest absolute Gasteiger partial charge is 0.129 e. The fourth-order valence-electron chi connectivity index (χ4n) is 1.82. The zero-order chi connectivity index (χ0) is 13.5. The fourth-order valence-corrected chi connectivity index (χ4v) is 1.82. The van der Waals surface area contributed by atoms with Crippen molar-refractivity contribution in [1.82, 2.24) is 4.98 Å². The first-order valence-electron chi connectivity index (χ1n) is 6.49. The third-order valence-corrected chi connectivity index (χ3v) is 3.21. The standard InChI is InChI=1S/C14H24N2O2/c1-5-11(2)16(8-9-18-4)14-10-13(12(3)17)6-7-15-14/h6-7,10-12,17H,5,8-9H2,1-4H3/t11?,12-/m0/s1. The van der Waals surface area contributed by atoms with E-state index in [1.165, 1.54) is 0 Å². The lowest BCUT2D eigenvalue weighted by Gasteiger charge is -2.29. The van der Waals surface area contributed by atoms with E-state index in [0.29, 0.717) is 12.6 Å². The molecule has 2 atom stereocenters. The molecule has 1 N–H and O–H groups in total. The summed E-state index contributed by atoms with van der Waals surface area (Å²) in [6.45, 7) is 7.57. The Kier molecular flexibility index (Phi) is 6.09. The lowest BCUT2D eigenvalue weighted by atomic mass is 10.1. The highest BCUT2D eigenvalue weighted by molar-refractivity contribution is 5.42. The maximum absolute atomic E-state index is 9.63. The first-order chi connectivity index (χ1) is 8.60. The first-order valence-corrected chi connectivity index (χ1v) is 6.49. The molecule has 1 unspecified atom stereocenters. The van der Waals surface area contributed by atoms with Crippen molar-refractivity contribution in [2.45, 2.75) is 39.3 Å². The van der Waals surface area contributed by atoms with Crippen LogP contribution in [-0.4, -0.2) is 36.4 Å². The molecular weight excluding hydrogens is 228 g/mol. The number of ether oxygens (including phenoxy) is 1. The average molecular weight is 252 g/mol. The van der Waals surface area contributed by atoms with Crippen LogP contribution in [0.15, 0.2) is 18.3 Å². The van der Waals surface area contributed by atoms with E-state index in [4.69, 9.17) is 4.74 Å².